The van der Waals surface area contributed by atoms with Gasteiger partial charge in [0.1, 0.15) is 5.75 Å². The van der Waals surface area contributed by atoms with Crippen molar-refractivity contribution in [3.05, 3.63) is 60.2 Å². The number of benzene rings is 2. The number of carbonyl (C=O) groups is 1. The molecule has 3 rings (SSSR count). The van der Waals surface area contributed by atoms with E-state index in [4.69, 9.17) is 4.74 Å². The molecule has 1 saturated heterocycles. The first kappa shape index (κ1) is 18.8. The highest BCUT2D eigenvalue weighted by molar-refractivity contribution is 7.99. The molecule has 1 heterocycles. The molecule has 1 fully saturated rings. The van der Waals surface area contributed by atoms with Crippen molar-refractivity contribution >= 4 is 17.7 Å². The molecule has 4 heteroatoms. The molecule has 0 saturated carbocycles. The van der Waals surface area contributed by atoms with Gasteiger partial charge in [-0.15, -0.1) is 11.8 Å². The van der Waals surface area contributed by atoms with E-state index in [1.54, 1.807) is 18.9 Å². The monoisotopic (exact) mass is 369 g/mol. The molecule has 0 bridgehead atoms. The van der Waals surface area contributed by atoms with Crippen molar-refractivity contribution in [1.29, 1.82) is 0 Å². The second kappa shape index (κ2) is 9.67. The molecule has 0 N–H and O–H groups in total. The Morgan fingerprint density at radius 1 is 1.12 bits per heavy atom. The van der Waals surface area contributed by atoms with Gasteiger partial charge in [0, 0.05) is 36.1 Å². The molecule has 1 aliphatic rings. The van der Waals surface area contributed by atoms with Gasteiger partial charge in [-0.3, -0.25) is 4.79 Å². The van der Waals surface area contributed by atoms with Crippen LogP contribution in [0.1, 0.15) is 37.2 Å². The van der Waals surface area contributed by atoms with E-state index in [1.807, 2.05) is 30.3 Å². The van der Waals surface area contributed by atoms with Crippen LogP contribution < -0.4 is 4.74 Å². The van der Waals surface area contributed by atoms with Crippen molar-refractivity contribution in [2.45, 2.75) is 36.5 Å². The maximum Gasteiger partial charge on any atom is 0.223 e. The summed E-state index contributed by atoms with van der Waals surface area (Å²) in [7, 11) is 1.69. The van der Waals surface area contributed by atoms with Crippen molar-refractivity contribution in [1.82, 2.24) is 4.90 Å². The number of thioether (sulfide) groups is 1. The van der Waals surface area contributed by atoms with Gasteiger partial charge in [-0.05, 0) is 42.7 Å². The fourth-order valence-electron chi connectivity index (χ4n) is 3.45. The van der Waals surface area contributed by atoms with Crippen LogP contribution in [0.2, 0.25) is 0 Å². The van der Waals surface area contributed by atoms with Gasteiger partial charge in [-0.1, -0.05) is 36.8 Å². The molecule has 1 aliphatic heterocycles. The van der Waals surface area contributed by atoms with Crippen LogP contribution in [0.5, 0.6) is 5.75 Å². The Morgan fingerprint density at radius 2 is 1.88 bits per heavy atom. The van der Waals surface area contributed by atoms with Gasteiger partial charge in [0.25, 0.3) is 0 Å². The van der Waals surface area contributed by atoms with E-state index in [2.05, 4.69) is 29.2 Å². The van der Waals surface area contributed by atoms with Gasteiger partial charge in [0.2, 0.25) is 5.91 Å². The largest absolute Gasteiger partial charge is 0.497 e. The highest BCUT2D eigenvalue weighted by Crippen LogP contribution is 2.28. The summed E-state index contributed by atoms with van der Waals surface area (Å²) in [6.07, 6.45) is 4.03. The smallest absolute Gasteiger partial charge is 0.223 e. The van der Waals surface area contributed by atoms with Gasteiger partial charge >= 0.3 is 0 Å². The lowest BCUT2D eigenvalue weighted by Crippen LogP contribution is -2.34. The van der Waals surface area contributed by atoms with E-state index in [9.17, 15) is 4.79 Å². The van der Waals surface area contributed by atoms with Crippen molar-refractivity contribution in [3.63, 3.8) is 0 Å². The van der Waals surface area contributed by atoms with Crippen molar-refractivity contribution in [2.24, 2.45) is 0 Å². The molecule has 3 nitrogen and oxygen atoms in total. The number of amides is 1. The predicted molar refractivity (Wildman–Crippen MR) is 108 cm³/mol. The average molecular weight is 370 g/mol. The van der Waals surface area contributed by atoms with Gasteiger partial charge in [-0.25, -0.2) is 0 Å². The van der Waals surface area contributed by atoms with Crippen molar-refractivity contribution in [3.8, 4) is 5.75 Å². The van der Waals surface area contributed by atoms with Gasteiger partial charge in [-0.2, -0.15) is 0 Å². The molecular weight excluding hydrogens is 342 g/mol. The Labute approximate surface area is 160 Å². The summed E-state index contributed by atoms with van der Waals surface area (Å²) in [5.41, 5.74) is 1.31. The highest BCUT2D eigenvalue weighted by Gasteiger charge is 2.23. The van der Waals surface area contributed by atoms with E-state index in [1.165, 1.54) is 16.9 Å². The van der Waals surface area contributed by atoms with Crippen molar-refractivity contribution < 1.29 is 9.53 Å². The Balaban J connectivity index is 1.55. The minimum atomic E-state index is 0.286. The van der Waals surface area contributed by atoms with Gasteiger partial charge in [0.15, 0.2) is 0 Å². The summed E-state index contributed by atoms with van der Waals surface area (Å²) >= 11 is 1.76. The molecule has 26 heavy (non-hydrogen) atoms. The number of nitrogens with zero attached hydrogens (tertiary/aromatic N) is 1. The van der Waals surface area contributed by atoms with Gasteiger partial charge < -0.3 is 9.64 Å². The molecule has 0 unspecified atom stereocenters. The first-order valence-electron chi connectivity index (χ1n) is 9.36. The van der Waals surface area contributed by atoms with Crippen LogP contribution in [0, 0.1) is 0 Å². The topological polar surface area (TPSA) is 29.5 Å². The summed E-state index contributed by atoms with van der Waals surface area (Å²) in [5, 5.41) is 0. The predicted octanol–water partition coefficient (Wildman–Crippen LogP) is 4.97. The van der Waals surface area contributed by atoms with Crippen LogP contribution in [0.4, 0.5) is 0 Å². The Morgan fingerprint density at radius 3 is 2.62 bits per heavy atom. The van der Waals surface area contributed by atoms with E-state index in [0.717, 1.165) is 37.4 Å². The molecule has 2 aromatic carbocycles. The number of methoxy groups -OCH3 is 1. The Bertz CT molecular complexity index is 687. The molecule has 0 aliphatic carbocycles. The molecule has 0 aromatic heterocycles. The fraction of sp³-hybridized carbons (Fsp3) is 0.409. The molecule has 0 radical (unpaired) electrons. The third-order valence-electron chi connectivity index (χ3n) is 4.94. The minimum absolute atomic E-state index is 0.286. The van der Waals surface area contributed by atoms with E-state index in [-0.39, 0.29) is 5.91 Å². The first-order valence-corrected chi connectivity index (χ1v) is 10.3. The third kappa shape index (κ3) is 5.28. The summed E-state index contributed by atoms with van der Waals surface area (Å²) in [6, 6.07) is 18.6. The second-order valence-corrected chi connectivity index (χ2v) is 7.89. The SMILES string of the molecule is COc1ccc([C@@H]2CCCCN(C(=O)CCSc3ccccc3)C2)cc1. The lowest BCUT2D eigenvalue weighted by Gasteiger charge is -2.25. The number of rotatable bonds is 6. The standard InChI is InChI=1S/C22H27NO2S/c1-25-20-12-10-18(11-13-20)19-7-5-6-15-23(17-19)22(24)14-16-26-21-8-3-2-4-9-21/h2-4,8-13,19H,5-7,14-17H2,1H3/t19-/m1/s1. The number of ether oxygens (including phenoxy) is 1. The highest BCUT2D eigenvalue weighted by atomic mass is 32.2. The van der Waals surface area contributed by atoms with Crippen LogP contribution in [-0.2, 0) is 4.79 Å². The van der Waals surface area contributed by atoms with E-state index < -0.39 is 0 Å². The Kier molecular flexibility index (Phi) is 7.01. The molecule has 1 atom stereocenters. The number of hydrogen-bond donors (Lipinski definition) is 0. The lowest BCUT2D eigenvalue weighted by molar-refractivity contribution is -0.130. The zero-order valence-corrected chi connectivity index (χ0v) is 16.2. The van der Waals surface area contributed by atoms with E-state index in [0.29, 0.717) is 12.3 Å². The van der Waals surface area contributed by atoms with Crippen LogP contribution in [-0.4, -0.2) is 36.8 Å². The molecule has 0 spiro atoms. The maximum atomic E-state index is 12.7. The summed E-state index contributed by atoms with van der Waals surface area (Å²) in [6.45, 7) is 1.72. The Hall–Kier alpha value is -1.94. The molecule has 2 aromatic rings. The first-order chi connectivity index (χ1) is 12.8. The van der Waals surface area contributed by atoms with Crippen LogP contribution in [0.3, 0.4) is 0 Å². The normalized spacial score (nSPS) is 17.6. The summed E-state index contributed by atoms with van der Waals surface area (Å²) < 4.78 is 5.25. The number of hydrogen-bond acceptors (Lipinski definition) is 3. The third-order valence-corrected chi connectivity index (χ3v) is 5.95. The second-order valence-electron chi connectivity index (χ2n) is 6.72. The molecule has 138 valence electrons. The maximum absolute atomic E-state index is 12.7. The summed E-state index contributed by atoms with van der Waals surface area (Å²) in [4.78, 5) is 16.0. The fourth-order valence-corrected chi connectivity index (χ4v) is 4.31. The van der Waals surface area contributed by atoms with Crippen LogP contribution >= 0.6 is 11.8 Å². The lowest BCUT2D eigenvalue weighted by atomic mass is 9.94. The van der Waals surface area contributed by atoms with Crippen LogP contribution in [0.25, 0.3) is 0 Å². The summed E-state index contributed by atoms with van der Waals surface area (Å²) in [5.74, 6) is 2.43. The molecular formula is C22H27NO2S. The van der Waals surface area contributed by atoms with E-state index >= 15 is 0 Å². The number of likely N-dealkylation sites (tertiary alicyclic amines) is 1. The van der Waals surface area contributed by atoms with Crippen LogP contribution in [0.15, 0.2) is 59.5 Å². The zero-order valence-electron chi connectivity index (χ0n) is 15.4. The average Bonchev–Trinajstić information content (AvgIpc) is 2.95. The zero-order chi connectivity index (χ0) is 18.2. The minimum Gasteiger partial charge on any atom is -0.497 e. The molecule has 1 amide bonds. The number of carbonyl (C=O) groups excluding carboxylic acids is 1. The quantitative estimate of drug-likeness (QED) is 0.673. The van der Waals surface area contributed by atoms with Crippen molar-refractivity contribution in [2.75, 3.05) is 26.0 Å². The van der Waals surface area contributed by atoms with Gasteiger partial charge in [0.05, 0.1) is 7.11 Å².